The molecule has 2 aromatic carbocycles. The predicted octanol–water partition coefficient (Wildman–Crippen LogP) is 3.33. The number of aromatic nitrogens is 2. The molecule has 25 heavy (non-hydrogen) atoms. The van der Waals surface area contributed by atoms with Gasteiger partial charge in [0, 0.05) is 23.5 Å². The van der Waals surface area contributed by atoms with E-state index in [-0.39, 0.29) is 17.2 Å². The van der Waals surface area contributed by atoms with Crippen molar-refractivity contribution in [2.45, 2.75) is 0 Å². The van der Waals surface area contributed by atoms with Crippen LogP contribution in [0.1, 0.15) is 5.82 Å². The molecule has 0 aliphatic heterocycles. The van der Waals surface area contributed by atoms with E-state index in [0.29, 0.717) is 22.4 Å². The van der Waals surface area contributed by atoms with Gasteiger partial charge in [-0.2, -0.15) is 0 Å². The number of carboxylic acid groups (broad SMARTS) is 1. The average Bonchev–Trinajstić information content (AvgIpc) is 2.63. The Morgan fingerprint density at radius 2 is 1.84 bits per heavy atom. The van der Waals surface area contributed by atoms with Gasteiger partial charge in [0.25, 0.3) is 0 Å². The molecule has 1 heterocycles. The molecule has 0 aliphatic carbocycles. The highest BCUT2D eigenvalue weighted by molar-refractivity contribution is 6.13. The van der Waals surface area contributed by atoms with Crippen LogP contribution < -0.4 is 5.73 Å². The normalized spacial score (nSPS) is 11.3. The molecule has 1 aromatic heterocycles. The van der Waals surface area contributed by atoms with Crippen molar-refractivity contribution in [3.05, 3.63) is 78.6 Å². The number of carbonyl (C=O) groups is 1. The molecule has 0 amide bonds. The van der Waals surface area contributed by atoms with Gasteiger partial charge in [-0.3, -0.25) is 0 Å². The second-order valence-electron chi connectivity index (χ2n) is 5.21. The largest absolute Gasteiger partial charge is 0.477 e. The number of nitrogens with zero attached hydrogens (tertiary/aromatic N) is 2. The van der Waals surface area contributed by atoms with Crippen LogP contribution in [-0.4, -0.2) is 21.0 Å². The predicted molar refractivity (Wildman–Crippen MR) is 92.7 cm³/mol. The summed E-state index contributed by atoms with van der Waals surface area (Å²) in [5.41, 5.74) is 7.57. The minimum Gasteiger partial charge on any atom is -0.477 e. The van der Waals surface area contributed by atoms with Crippen molar-refractivity contribution < 1.29 is 14.3 Å². The standard InChI is InChI=1S/C19H14FN3O2/c20-16-7-2-1-6-14(16)12-4-3-5-13(10-12)17-8-9-22-18(23-17)15(11-21)19(24)25/h1-11H,21H2,(H,24,25). The van der Waals surface area contributed by atoms with Crippen molar-refractivity contribution in [3.63, 3.8) is 0 Å². The van der Waals surface area contributed by atoms with Gasteiger partial charge in [0.05, 0.1) is 5.69 Å². The van der Waals surface area contributed by atoms with E-state index in [1.54, 1.807) is 42.5 Å². The van der Waals surface area contributed by atoms with Crippen LogP contribution in [0.5, 0.6) is 0 Å². The first-order chi connectivity index (χ1) is 12.1. The Labute approximate surface area is 143 Å². The Hall–Kier alpha value is -3.54. The van der Waals surface area contributed by atoms with Crippen LogP contribution in [0.15, 0.2) is 67.0 Å². The molecule has 0 saturated heterocycles. The third-order valence-electron chi connectivity index (χ3n) is 3.64. The molecule has 3 N–H and O–H groups in total. The van der Waals surface area contributed by atoms with Gasteiger partial charge in [0.15, 0.2) is 5.82 Å². The molecular weight excluding hydrogens is 321 g/mol. The van der Waals surface area contributed by atoms with Gasteiger partial charge in [-0.05, 0) is 23.8 Å². The summed E-state index contributed by atoms with van der Waals surface area (Å²) in [5.74, 6) is -1.51. The fourth-order valence-electron chi connectivity index (χ4n) is 2.43. The zero-order chi connectivity index (χ0) is 17.8. The van der Waals surface area contributed by atoms with Gasteiger partial charge in [-0.1, -0.05) is 36.4 Å². The Balaban J connectivity index is 2.05. The lowest BCUT2D eigenvalue weighted by Gasteiger charge is -2.08. The molecule has 0 aliphatic rings. The van der Waals surface area contributed by atoms with E-state index in [1.807, 2.05) is 6.07 Å². The second kappa shape index (κ2) is 6.92. The van der Waals surface area contributed by atoms with Crippen LogP contribution >= 0.6 is 0 Å². The lowest BCUT2D eigenvalue weighted by Crippen LogP contribution is -2.06. The zero-order valence-electron chi connectivity index (χ0n) is 13.1. The maximum absolute atomic E-state index is 14.0. The molecule has 124 valence electrons. The van der Waals surface area contributed by atoms with Gasteiger partial charge in [0.2, 0.25) is 0 Å². The Kier molecular flexibility index (Phi) is 4.52. The summed E-state index contributed by atoms with van der Waals surface area (Å²) >= 11 is 0. The summed E-state index contributed by atoms with van der Waals surface area (Å²) in [6, 6.07) is 15.3. The van der Waals surface area contributed by atoms with Crippen molar-refractivity contribution in [1.82, 2.24) is 9.97 Å². The van der Waals surface area contributed by atoms with Crippen LogP contribution in [0.4, 0.5) is 4.39 Å². The molecule has 0 atom stereocenters. The summed E-state index contributed by atoms with van der Waals surface area (Å²) < 4.78 is 14.0. The summed E-state index contributed by atoms with van der Waals surface area (Å²) in [7, 11) is 0. The van der Waals surface area contributed by atoms with Crippen molar-refractivity contribution in [2.75, 3.05) is 0 Å². The van der Waals surface area contributed by atoms with Crippen molar-refractivity contribution >= 4 is 11.5 Å². The third kappa shape index (κ3) is 3.37. The highest BCUT2D eigenvalue weighted by Gasteiger charge is 2.14. The highest BCUT2D eigenvalue weighted by Crippen LogP contribution is 2.27. The topological polar surface area (TPSA) is 89.1 Å². The van der Waals surface area contributed by atoms with Gasteiger partial charge in [-0.15, -0.1) is 0 Å². The first-order valence-corrected chi connectivity index (χ1v) is 7.44. The zero-order valence-corrected chi connectivity index (χ0v) is 13.1. The van der Waals surface area contributed by atoms with E-state index >= 15 is 0 Å². The monoisotopic (exact) mass is 335 g/mol. The van der Waals surface area contributed by atoms with Crippen LogP contribution in [0, 0.1) is 5.82 Å². The number of nitrogens with two attached hydrogens (primary N) is 1. The van der Waals surface area contributed by atoms with Gasteiger partial charge < -0.3 is 10.8 Å². The fourth-order valence-corrected chi connectivity index (χ4v) is 2.43. The number of carboxylic acids is 1. The summed E-state index contributed by atoms with van der Waals surface area (Å²) in [5, 5.41) is 9.14. The molecule has 0 spiro atoms. The maximum atomic E-state index is 14.0. The highest BCUT2D eigenvalue weighted by atomic mass is 19.1. The lowest BCUT2D eigenvalue weighted by atomic mass is 10.0. The number of benzene rings is 2. The number of aliphatic carboxylic acids is 1. The molecule has 0 bridgehead atoms. The fraction of sp³-hybridized carbons (Fsp3) is 0. The van der Waals surface area contributed by atoms with Crippen molar-refractivity contribution in [3.8, 4) is 22.4 Å². The van der Waals surface area contributed by atoms with E-state index in [2.05, 4.69) is 9.97 Å². The Bertz CT molecular complexity index is 970. The SMILES string of the molecule is NC=C(C(=O)O)c1nccc(-c2cccc(-c3ccccc3F)c2)n1. The lowest BCUT2D eigenvalue weighted by molar-refractivity contribution is -0.130. The van der Waals surface area contributed by atoms with E-state index in [1.165, 1.54) is 12.3 Å². The summed E-state index contributed by atoms with van der Waals surface area (Å²) in [6.07, 6.45) is 2.41. The molecule has 6 heteroatoms. The molecule has 0 unspecified atom stereocenters. The number of rotatable bonds is 4. The molecule has 0 fully saturated rings. The van der Waals surface area contributed by atoms with E-state index in [4.69, 9.17) is 10.8 Å². The van der Waals surface area contributed by atoms with Crippen LogP contribution in [0.25, 0.3) is 28.0 Å². The van der Waals surface area contributed by atoms with Crippen LogP contribution in [0.3, 0.4) is 0 Å². The number of halogens is 1. The maximum Gasteiger partial charge on any atom is 0.341 e. The van der Waals surface area contributed by atoms with Gasteiger partial charge in [-0.25, -0.2) is 19.2 Å². The molecular formula is C19H14FN3O2. The van der Waals surface area contributed by atoms with E-state index in [9.17, 15) is 9.18 Å². The first-order valence-electron chi connectivity index (χ1n) is 7.44. The summed E-state index contributed by atoms with van der Waals surface area (Å²) in [6.45, 7) is 0. The van der Waals surface area contributed by atoms with E-state index in [0.717, 1.165) is 6.20 Å². The molecule has 3 aromatic rings. The minimum absolute atomic E-state index is 0.0174. The summed E-state index contributed by atoms with van der Waals surface area (Å²) in [4.78, 5) is 19.4. The van der Waals surface area contributed by atoms with Crippen LogP contribution in [0.2, 0.25) is 0 Å². The number of hydrogen-bond donors (Lipinski definition) is 2. The second-order valence-corrected chi connectivity index (χ2v) is 5.21. The number of hydrogen-bond acceptors (Lipinski definition) is 4. The van der Waals surface area contributed by atoms with Crippen molar-refractivity contribution in [2.24, 2.45) is 5.73 Å². The Morgan fingerprint density at radius 3 is 2.56 bits per heavy atom. The third-order valence-corrected chi connectivity index (χ3v) is 3.64. The molecule has 5 nitrogen and oxygen atoms in total. The average molecular weight is 335 g/mol. The first kappa shape index (κ1) is 16.3. The smallest absolute Gasteiger partial charge is 0.341 e. The molecule has 3 rings (SSSR count). The molecule has 0 radical (unpaired) electrons. The van der Waals surface area contributed by atoms with Gasteiger partial charge in [0.1, 0.15) is 11.4 Å². The van der Waals surface area contributed by atoms with Crippen LogP contribution in [-0.2, 0) is 4.79 Å². The van der Waals surface area contributed by atoms with Crippen molar-refractivity contribution in [1.29, 1.82) is 0 Å². The molecule has 0 saturated carbocycles. The minimum atomic E-state index is -1.21. The van der Waals surface area contributed by atoms with Gasteiger partial charge >= 0.3 is 5.97 Å². The Morgan fingerprint density at radius 1 is 1.08 bits per heavy atom. The quantitative estimate of drug-likeness (QED) is 0.714. The van der Waals surface area contributed by atoms with E-state index < -0.39 is 5.97 Å².